The SMILES string of the molecule is CC(=O)NC(=O)c1c(O)cc2c(c1OC(C)=O)C(O)=C1C(=O)c3c(O)ccc(N(C)C)c3CC1C2. The van der Waals surface area contributed by atoms with E-state index in [2.05, 4.69) is 0 Å². The number of carbonyl (C=O) groups excluding carboxylic acids is 4. The van der Waals surface area contributed by atoms with E-state index in [1.54, 1.807) is 6.07 Å². The molecule has 2 aliphatic rings. The monoisotopic (exact) mass is 480 g/mol. The van der Waals surface area contributed by atoms with Gasteiger partial charge in [-0.3, -0.25) is 24.5 Å². The van der Waals surface area contributed by atoms with E-state index in [0.29, 0.717) is 17.5 Å². The normalized spacial score (nSPS) is 16.1. The van der Waals surface area contributed by atoms with E-state index in [9.17, 15) is 34.5 Å². The highest BCUT2D eigenvalue weighted by molar-refractivity contribution is 6.18. The maximum Gasteiger partial charge on any atom is 0.308 e. The number of esters is 1. The van der Waals surface area contributed by atoms with Crippen molar-refractivity contribution in [2.75, 3.05) is 19.0 Å². The molecule has 2 aliphatic carbocycles. The standard InChI is InChI=1S/C25H24N2O8/c1-10(28)26-25(34)21-17(31)9-13-7-12-8-14-15(27(3)4)5-6-16(30)20(14)23(33)18(12)22(32)19(13)24(21)35-11(2)29/h5-6,9,12,30-32H,7-8H2,1-4H3,(H,26,28,34). The molecule has 0 radical (unpaired) electrons. The third-order valence-electron chi connectivity index (χ3n) is 6.14. The number of Topliss-reactive ketones (excluding diaryl/α,β-unsaturated/α-hetero) is 1. The zero-order valence-electron chi connectivity index (χ0n) is 19.6. The summed E-state index contributed by atoms with van der Waals surface area (Å²) in [7, 11) is 3.63. The number of phenols is 2. The van der Waals surface area contributed by atoms with Crippen LogP contribution in [0.3, 0.4) is 0 Å². The summed E-state index contributed by atoms with van der Waals surface area (Å²) in [5.41, 5.74) is 1.18. The van der Waals surface area contributed by atoms with E-state index in [1.807, 2.05) is 24.3 Å². The van der Waals surface area contributed by atoms with Gasteiger partial charge in [-0.1, -0.05) is 0 Å². The molecule has 4 rings (SSSR count). The number of imide groups is 1. The Balaban J connectivity index is 1.98. The molecule has 2 amide bonds. The molecule has 0 spiro atoms. The van der Waals surface area contributed by atoms with Gasteiger partial charge in [-0.25, -0.2) is 0 Å². The molecule has 2 aromatic carbocycles. The van der Waals surface area contributed by atoms with Gasteiger partial charge in [-0.05, 0) is 48.1 Å². The topological polar surface area (TPSA) is 153 Å². The summed E-state index contributed by atoms with van der Waals surface area (Å²) in [6.07, 6.45) is 0.497. The van der Waals surface area contributed by atoms with Crippen LogP contribution in [0.1, 0.15) is 51.3 Å². The van der Waals surface area contributed by atoms with Gasteiger partial charge in [0.2, 0.25) is 5.91 Å². The van der Waals surface area contributed by atoms with Gasteiger partial charge in [0.25, 0.3) is 5.91 Å². The smallest absolute Gasteiger partial charge is 0.308 e. The Hall–Kier alpha value is -4.34. The molecular formula is C25H24N2O8. The Morgan fingerprint density at radius 3 is 2.31 bits per heavy atom. The number of allylic oxidation sites excluding steroid dienone is 1. The first-order chi connectivity index (χ1) is 16.4. The fourth-order valence-electron chi connectivity index (χ4n) is 4.85. The van der Waals surface area contributed by atoms with Gasteiger partial charge in [0.1, 0.15) is 22.8 Å². The van der Waals surface area contributed by atoms with Crippen molar-refractivity contribution >= 4 is 35.0 Å². The van der Waals surface area contributed by atoms with Crippen LogP contribution in [0.2, 0.25) is 0 Å². The van der Waals surface area contributed by atoms with Gasteiger partial charge in [-0.2, -0.15) is 0 Å². The Kier molecular flexibility index (Phi) is 5.75. The third kappa shape index (κ3) is 3.86. The summed E-state index contributed by atoms with van der Waals surface area (Å²) in [5, 5.41) is 34.4. The lowest BCUT2D eigenvalue weighted by molar-refractivity contribution is -0.131. The molecule has 10 heteroatoms. The highest BCUT2D eigenvalue weighted by Gasteiger charge is 2.42. The summed E-state index contributed by atoms with van der Waals surface area (Å²) in [6, 6.07) is 4.37. The first kappa shape index (κ1) is 23.8. The number of nitrogens with zero attached hydrogens (tertiary/aromatic N) is 1. The number of hydrogen-bond donors (Lipinski definition) is 4. The molecule has 0 bridgehead atoms. The minimum absolute atomic E-state index is 0.00761. The van der Waals surface area contributed by atoms with Gasteiger partial charge >= 0.3 is 5.97 Å². The van der Waals surface area contributed by atoms with E-state index < -0.39 is 52.3 Å². The number of rotatable bonds is 3. The number of anilines is 1. The largest absolute Gasteiger partial charge is 0.507 e. The summed E-state index contributed by atoms with van der Waals surface area (Å²) in [4.78, 5) is 51.3. The molecule has 2 aromatic rings. The van der Waals surface area contributed by atoms with Gasteiger partial charge in [0, 0.05) is 39.2 Å². The van der Waals surface area contributed by atoms with E-state index in [4.69, 9.17) is 4.74 Å². The second kappa shape index (κ2) is 8.46. The fraction of sp³-hybridized carbons (Fsp3) is 0.280. The number of aliphatic hydroxyl groups is 1. The Morgan fingerprint density at radius 1 is 1.03 bits per heavy atom. The lowest BCUT2D eigenvalue weighted by Gasteiger charge is -2.34. The van der Waals surface area contributed by atoms with Crippen LogP contribution in [-0.4, -0.2) is 53.0 Å². The molecule has 4 N–H and O–H groups in total. The van der Waals surface area contributed by atoms with E-state index in [-0.39, 0.29) is 28.9 Å². The number of nitrogens with one attached hydrogen (secondary N) is 1. The van der Waals surface area contributed by atoms with Crippen LogP contribution in [0.25, 0.3) is 5.76 Å². The van der Waals surface area contributed by atoms with Crippen LogP contribution in [0, 0.1) is 5.92 Å². The highest BCUT2D eigenvalue weighted by atomic mass is 16.5. The van der Waals surface area contributed by atoms with Crippen molar-refractivity contribution in [2.24, 2.45) is 5.92 Å². The molecule has 0 aliphatic heterocycles. The number of carbonyl (C=O) groups is 4. The zero-order valence-corrected chi connectivity index (χ0v) is 19.6. The summed E-state index contributed by atoms with van der Waals surface area (Å²) in [6.45, 7) is 2.16. The first-order valence-electron chi connectivity index (χ1n) is 10.8. The average Bonchev–Trinajstić information content (AvgIpc) is 2.71. The minimum atomic E-state index is -1.04. The Labute approximate surface area is 200 Å². The molecule has 1 atom stereocenters. The molecule has 0 fully saturated rings. The molecule has 0 heterocycles. The van der Waals surface area contributed by atoms with Gasteiger partial charge < -0.3 is 25.0 Å². The number of amides is 2. The summed E-state index contributed by atoms with van der Waals surface area (Å²) < 4.78 is 5.22. The van der Waals surface area contributed by atoms with E-state index in [1.165, 1.54) is 12.1 Å². The van der Waals surface area contributed by atoms with Crippen LogP contribution >= 0.6 is 0 Å². The zero-order chi connectivity index (χ0) is 25.8. The van der Waals surface area contributed by atoms with Crippen LogP contribution in [0.15, 0.2) is 23.8 Å². The Morgan fingerprint density at radius 2 is 1.71 bits per heavy atom. The quantitative estimate of drug-likeness (QED) is 0.383. The average molecular weight is 480 g/mol. The van der Waals surface area contributed by atoms with Crippen LogP contribution < -0.4 is 15.0 Å². The first-order valence-corrected chi connectivity index (χ1v) is 10.8. The van der Waals surface area contributed by atoms with Crippen LogP contribution in [0.4, 0.5) is 5.69 Å². The van der Waals surface area contributed by atoms with Crippen LogP contribution in [-0.2, 0) is 22.4 Å². The van der Waals surface area contributed by atoms with Crippen molar-refractivity contribution in [2.45, 2.75) is 26.7 Å². The number of aliphatic hydroxyl groups excluding tert-OH is 1. The van der Waals surface area contributed by atoms with Crippen LogP contribution in [0.5, 0.6) is 17.2 Å². The molecular weight excluding hydrogens is 456 g/mol. The predicted molar refractivity (Wildman–Crippen MR) is 125 cm³/mol. The number of aromatic hydroxyl groups is 2. The Bertz CT molecular complexity index is 1360. The van der Waals surface area contributed by atoms with Gasteiger partial charge in [0.15, 0.2) is 11.5 Å². The molecule has 1 unspecified atom stereocenters. The molecule has 0 aromatic heterocycles. The lowest BCUT2D eigenvalue weighted by Crippen LogP contribution is -2.32. The lowest BCUT2D eigenvalue weighted by atomic mass is 9.70. The summed E-state index contributed by atoms with van der Waals surface area (Å²) >= 11 is 0. The number of ketones is 1. The van der Waals surface area contributed by atoms with E-state index >= 15 is 0 Å². The van der Waals surface area contributed by atoms with Crippen molar-refractivity contribution in [3.05, 3.63) is 51.6 Å². The summed E-state index contributed by atoms with van der Waals surface area (Å²) in [5.74, 6) is -5.44. The van der Waals surface area contributed by atoms with Crippen molar-refractivity contribution < 1.29 is 39.2 Å². The number of fused-ring (bicyclic) bond motifs is 3. The number of benzene rings is 2. The molecule has 0 saturated carbocycles. The number of hydrogen-bond acceptors (Lipinski definition) is 9. The minimum Gasteiger partial charge on any atom is -0.507 e. The highest BCUT2D eigenvalue weighted by Crippen LogP contribution is 2.49. The fourth-order valence-corrected chi connectivity index (χ4v) is 4.85. The second-order valence-corrected chi connectivity index (χ2v) is 8.79. The van der Waals surface area contributed by atoms with Crippen molar-refractivity contribution in [1.29, 1.82) is 0 Å². The van der Waals surface area contributed by atoms with Crippen molar-refractivity contribution in [1.82, 2.24) is 5.32 Å². The maximum absolute atomic E-state index is 13.6. The molecule has 182 valence electrons. The van der Waals surface area contributed by atoms with E-state index in [0.717, 1.165) is 19.5 Å². The van der Waals surface area contributed by atoms with Crippen molar-refractivity contribution in [3.63, 3.8) is 0 Å². The molecule has 10 nitrogen and oxygen atoms in total. The maximum atomic E-state index is 13.6. The third-order valence-corrected chi connectivity index (χ3v) is 6.14. The molecule has 0 saturated heterocycles. The predicted octanol–water partition coefficient (Wildman–Crippen LogP) is 2.25. The molecule has 35 heavy (non-hydrogen) atoms. The number of ether oxygens (including phenoxy) is 1. The number of phenolic OH excluding ortho intramolecular Hbond substituents is 2. The second-order valence-electron chi connectivity index (χ2n) is 8.79. The van der Waals surface area contributed by atoms with Gasteiger partial charge in [0.05, 0.1) is 11.1 Å². The van der Waals surface area contributed by atoms with Crippen molar-refractivity contribution in [3.8, 4) is 17.2 Å². The van der Waals surface area contributed by atoms with Gasteiger partial charge in [-0.15, -0.1) is 0 Å².